The number of imidazole rings is 1. The molecular weight excluding hydrogens is 495 g/mol. The molecule has 12 heteroatoms. The van der Waals surface area contributed by atoms with Gasteiger partial charge in [0.05, 0.1) is 51.3 Å². The highest BCUT2D eigenvalue weighted by atomic mass is 32.2. The molecule has 0 saturated heterocycles. The summed E-state index contributed by atoms with van der Waals surface area (Å²) in [6, 6.07) is 6.20. The van der Waals surface area contributed by atoms with Crippen molar-refractivity contribution in [2.75, 3.05) is 11.6 Å². The number of ketones is 1. The third-order valence-corrected chi connectivity index (χ3v) is 7.24. The highest BCUT2D eigenvalue weighted by Crippen LogP contribution is 2.40. The number of aryl methyl sites for hydroxylation is 1. The number of rotatable bonds is 8. The SMILES string of the molecule is Cn1cnc(-c2ccc(Nc3cc(CC(=O)[C@H]4C[C@H]4F)nc4c3N=C(C(F)F)C4)c(S(C)(=O)=O)c2)c1. The van der Waals surface area contributed by atoms with Crippen LogP contribution in [0.4, 0.5) is 30.2 Å². The minimum atomic E-state index is -3.72. The number of sulfone groups is 1. The summed E-state index contributed by atoms with van der Waals surface area (Å²) in [5, 5.41) is 3.01. The van der Waals surface area contributed by atoms with Gasteiger partial charge < -0.3 is 9.88 Å². The first kappa shape index (κ1) is 24.2. The number of pyridine rings is 1. The van der Waals surface area contributed by atoms with Crippen molar-refractivity contribution < 1.29 is 26.4 Å². The van der Waals surface area contributed by atoms with Crippen LogP contribution in [0.1, 0.15) is 17.8 Å². The number of hydrogen-bond donors (Lipinski definition) is 1. The van der Waals surface area contributed by atoms with Crippen LogP contribution >= 0.6 is 0 Å². The number of benzene rings is 1. The molecule has 188 valence electrons. The molecule has 1 aliphatic heterocycles. The predicted octanol–water partition coefficient (Wildman–Crippen LogP) is 3.99. The van der Waals surface area contributed by atoms with Crippen LogP contribution in [-0.2, 0) is 34.5 Å². The van der Waals surface area contributed by atoms with Crippen LogP contribution in [0.2, 0.25) is 0 Å². The second kappa shape index (κ2) is 8.84. The molecule has 1 saturated carbocycles. The van der Waals surface area contributed by atoms with Crippen molar-refractivity contribution in [2.45, 2.75) is 36.8 Å². The molecule has 5 rings (SSSR count). The Morgan fingerprint density at radius 2 is 2.00 bits per heavy atom. The Balaban J connectivity index is 1.55. The number of carbonyl (C=O) groups is 1. The van der Waals surface area contributed by atoms with E-state index in [9.17, 15) is 26.4 Å². The molecule has 0 unspecified atom stereocenters. The number of hydrogen-bond acceptors (Lipinski definition) is 7. The van der Waals surface area contributed by atoms with Crippen molar-refractivity contribution in [1.82, 2.24) is 14.5 Å². The maximum absolute atomic E-state index is 13.4. The van der Waals surface area contributed by atoms with E-state index in [0.29, 0.717) is 11.3 Å². The molecule has 3 heterocycles. The Hall–Kier alpha value is -3.54. The zero-order valence-corrected chi connectivity index (χ0v) is 20.2. The van der Waals surface area contributed by atoms with Crippen LogP contribution in [0.25, 0.3) is 11.3 Å². The zero-order valence-electron chi connectivity index (χ0n) is 19.4. The predicted molar refractivity (Wildman–Crippen MR) is 128 cm³/mol. The highest BCUT2D eigenvalue weighted by molar-refractivity contribution is 7.90. The van der Waals surface area contributed by atoms with Crippen molar-refractivity contribution >= 4 is 38.4 Å². The Labute approximate surface area is 205 Å². The first-order chi connectivity index (χ1) is 17.0. The van der Waals surface area contributed by atoms with Gasteiger partial charge in [0.15, 0.2) is 9.84 Å². The molecule has 0 amide bonds. The Bertz CT molecular complexity index is 1520. The largest absolute Gasteiger partial charge is 0.353 e. The highest BCUT2D eigenvalue weighted by Gasteiger charge is 2.43. The Kier molecular flexibility index (Phi) is 5.93. The van der Waals surface area contributed by atoms with Gasteiger partial charge in [-0.1, -0.05) is 6.07 Å². The summed E-state index contributed by atoms with van der Waals surface area (Å²) in [4.78, 5) is 24.9. The number of fused-ring (bicyclic) bond motifs is 1. The summed E-state index contributed by atoms with van der Waals surface area (Å²) in [7, 11) is -1.93. The summed E-state index contributed by atoms with van der Waals surface area (Å²) in [6.45, 7) is 0. The van der Waals surface area contributed by atoms with Gasteiger partial charge in [0.25, 0.3) is 6.43 Å². The quantitative estimate of drug-likeness (QED) is 0.484. The Morgan fingerprint density at radius 1 is 1.25 bits per heavy atom. The molecule has 1 N–H and O–H groups in total. The fraction of sp³-hybridized carbons (Fsp3) is 0.333. The van der Waals surface area contributed by atoms with Gasteiger partial charge in [0.1, 0.15) is 17.6 Å². The molecule has 0 spiro atoms. The van der Waals surface area contributed by atoms with E-state index in [0.717, 1.165) is 6.26 Å². The molecule has 2 aliphatic rings. The van der Waals surface area contributed by atoms with Crippen molar-refractivity contribution in [2.24, 2.45) is 18.0 Å². The second-order valence-corrected chi connectivity index (χ2v) is 11.1. The summed E-state index contributed by atoms with van der Waals surface area (Å²) in [5.74, 6) is -0.981. The number of nitrogens with zero attached hydrogens (tertiary/aromatic N) is 4. The van der Waals surface area contributed by atoms with Gasteiger partial charge in [-0.15, -0.1) is 0 Å². The lowest BCUT2D eigenvalue weighted by atomic mass is 10.1. The minimum absolute atomic E-state index is 0.0249. The van der Waals surface area contributed by atoms with Crippen LogP contribution in [0, 0.1) is 5.92 Å². The lowest BCUT2D eigenvalue weighted by Crippen LogP contribution is -2.12. The fourth-order valence-electron chi connectivity index (χ4n) is 4.17. The lowest BCUT2D eigenvalue weighted by Gasteiger charge is -2.15. The summed E-state index contributed by atoms with van der Waals surface area (Å²) >= 11 is 0. The monoisotopic (exact) mass is 517 g/mol. The van der Waals surface area contributed by atoms with Gasteiger partial charge >= 0.3 is 0 Å². The third kappa shape index (κ3) is 4.77. The molecule has 1 fully saturated rings. The number of Topliss-reactive ketones (excluding diaryl/α,β-unsaturated/α-hetero) is 1. The van der Waals surface area contributed by atoms with Gasteiger partial charge in [-0.25, -0.2) is 31.6 Å². The standard InChI is InChI=1S/C24H22F3N5O3S/c1-32-10-20(28-11-32)12-3-4-16(22(5-12)36(2,34)35)30-17-6-13(7-21(33)14-8-15(14)25)29-18-9-19(24(26)27)31-23(17)18/h3-6,10-11,14-15,24H,7-9H2,1-2H3,(H,29,30)/t14-,15+/m0/s1. The van der Waals surface area contributed by atoms with E-state index in [2.05, 4.69) is 20.3 Å². The number of nitrogens with one attached hydrogen (secondary N) is 1. The van der Waals surface area contributed by atoms with Gasteiger partial charge in [-0.3, -0.25) is 9.78 Å². The van der Waals surface area contributed by atoms with Crippen LogP contribution in [-0.4, -0.2) is 53.3 Å². The number of carbonyl (C=O) groups excluding carboxylic acids is 1. The summed E-state index contributed by atoms with van der Waals surface area (Å²) < 4.78 is 67.2. The van der Waals surface area contributed by atoms with Crippen molar-refractivity contribution in [3.8, 4) is 11.3 Å². The van der Waals surface area contributed by atoms with E-state index in [-0.39, 0.29) is 64.1 Å². The van der Waals surface area contributed by atoms with E-state index >= 15 is 0 Å². The van der Waals surface area contributed by atoms with Crippen LogP contribution in [0.15, 0.2) is 46.7 Å². The van der Waals surface area contributed by atoms with Crippen LogP contribution < -0.4 is 5.32 Å². The van der Waals surface area contributed by atoms with Crippen molar-refractivity contribution in [3.63, 3.8) is 0 Å². The van der Waals surface area contributed by atoms with E-state index in [1.807, 2.05) is 0 Å². The number of halogens is 3. The minimum Gasteiger partial charge on any atom is -0.353 e. The molecular formula is C24H22F3N5O3S. The van der Waals surface area contributed by atoms with E-state index in [4.69, 9.17) is 0 Å². The average molecular weight is 518 g/mol. The molecule has 0 bridgehead atoms. The molecule has 2 atom stereocenters. The smallest absolute Gasteiger partial charge is 0.277 e. The first-order valence-corrected chi connectivity index (χ1v) is 13.0. The van der Waals surface area contributed by atoms with Crippen molar-refractivity contribution in [1.29, 1.82) is 0 Å². The average Bonchev–Trinajstić information content (AvgIpc) is 3.17. The molecule has 3 aromatic rings. The Morgan fingerprint density at radius 3 is 2.61 bits per heavy atom. The molecule has 36 heavy (non-hydrogen) atoms. The van der Waals surface area contributed by atoms with E-state index in [1.54, 1.807) is 36.3 Å². The maximum atomic E-state index is 13.4. The molecule has 8 nitrogen and oxygen atoms in total. The normalized spacial score (nSPS) is 18.8. The van der Waals surface area contributed by atoms with Crippen LogP contribution in [0.3, 0.4) is 0 Å². The maximum Gasteiger partial charge on any atom is 0.277 e. The number of anilines is 2. The summed E-state index contributed by atoms with van der Waals surface area (Å²) in [5.41, 5.74) is 1.91. The van der Waals surface area contributed by atoms with E-state index < -0.39 is 28.4 Å². The van der Waals surface area contributed by atoms with Gasteiger partial charge in [0.2, 0.25) is 0 Å². The number of aromatic nitrogens is 3. The fourth-order valence-corrected chi connectivity index (χ4v) is 5.03. The van der Waals surface area contributed by atoms with Gasteiger partial charge in [0, 0.05) is 37.9 Å². The van der Waals surface area contributed by atoms with E-state index in [1.165, 1.54) is 12.1 Å². The van der Waals surface area contributed by atoms with Crippen molar-refractivity contribution in [3.05, 3.63) is 48.2 Å². The van der Waals surface area contributed by atoms with Gasteiger partial charge in [-0.2, -0.15) is 0 Å². The molecule has 1 aliphatic carbocycles. The first-order valence-electron chi connectivity index (χ1n) is 11.1. The molecule has 0 radical (unpaired) electrons. The molecule has 1 aromatic carbocycles. The summed E-state index contributed by atoms with van der Waals surface area (Å²) in [6.07, 6.45) is 0.269. The zero-order chi connectivity index (χ0) is 25.8. The molecule has 2 aromatic heterocycles. The third-order valence-electron chi connectivity index (χ3n) is 6.11. The topological polar surface area (TPSA) is 106 Å². The van der Waals surface area contributed by atoms with Crippen LogP contribution in [0.5, 0.6) is 0 Å². The lowest BCUT2D eigenvalue weighted by molar-refractivity contribution is -0.120. The second-order valence-electron chi connectivity index (χ2n) is 9.07. The van der Waals surface area contributed by atoms with Gasteiger partial charge in [-0.05, 0) is 24.6 Å². The number of aliphatic imine (C=N–C) groups is 1. The number of alkyl halides is 3.